The first-order chi connectivity index (χ1) is 15.5. The van der Waals surface area contributed by atoms with Gasteiger partial charge in [0.2, 0.25) is 5.91 Å². The normalized spacial score (nSPS) is 46.2. The van der Waals surface area contributed by atoms with Crippen molar-refractivity contribution in [2.75, 3.05) is 14.1 Å². The average molecular weight is 459 g/mol. The van der Waals surface area contributed by atoms with Gasteiger partial charge in [-0.15, -0.1) is 0 Å². The number of allylic oxidation sites excluding steroid dienone is 3. The highest BCUT2D eigenvalue weighted by molar-refractivity contribution is 5.92. The van der Waals surface area contributed by atoms with Crippen molar-refractivity contribution >= 4 is 5.91 Å². The third-order valence-corrected chi connectivity index (χ3v) is 10.7. The van der Waals surface area contributed by atoms with E-state index in [1.54, 1.807) is 18.6 Å². The molecule has 5 nitrogen and oxygen atoms in total. The summed E-state index contributed by atoms with van der Waals surface area (Å²) in [5, 5.41) is 25.5. The van der Waals surface area contributed by atoms with Crippen LogP contribution in [-0.4, -0.2) is 59.4 Å². The first-order valence-corrected chi connectivity index (χ1v) is 13.1. The van der Waals surface area contributed by atoms with Crippen LogP contribution < -0.4 is 5.32 Å². The molecule has 0 aromatic rings. The van der Waals surface area contributed by atoms with Crippen LogP contribution in [0.5, 0.6) is 0 Å². The lowest BCUT2D eigenvalue weighted by Gasteiger charge is -2.62. The zero-order valence-electron chi connectivity index (χ0n) is 21.8. The number of fused-ring (bicyclic) bond motifs is 5. The lowest BCUT2D eigenvalue weighted by Crippen LogP contribution is -2.65. The number of aliphatic hydroxyl groups is 2. The minimum absolute atomic E-state index is 0.105. The van der Waals surface area contributed by atoms with Gasteiger partial charge in [0.15, 0.2) is 0 Å². The Bertz CT molecular complexity index is 835. The van der Waals surface area contributed by atoms with Crippen molar-refractivity contribution in [3.63, 3.8) is 0 Å². The minimum Gasteiger partial charge on any atom is -0.391 e. The predicted molar refractivity (Wildman–Crippen MR) is 132 cm³/mol. The fourth-order valence-corrected chi connectivity index (χ4v) is 8.44. The van der Waals surface area contributed by atoms with Gasteiger partial charge in [-0.2, -0.15) is 0 Å². The van der Waals surface area contributed by atoms with Gasteiger partial charge in [0, 0.05) is 11.6 Å². The standard InChI is InChI=1S/C28H46N2O3/c1-8-16(2)26(33)29-24-23(31)15-28(5)21-13-14-27(4)19(17(3)30(6)7)11-12-20(27)18(21)9-10-22(28)25(24)32/h8,12,17-19,21-25,31-32H,9-11,13-15H2,1-7H3,(H,29,33)/b16-8+/t17-,18-,19+,21-,22?,23-,24-,25+,27+,28+/m0/s1. The number of nitrogens with zero attached hydrogens (tertiary/aromatic N) is 1. The predicted octanol–water partition coefficient (Wildman–Crippen LogP) is 3.91. The summed E-state index contributed by atoms with van der Waals surface area (Å²) in [7, 11) is 4.39. The van der Waals surface area contributed by atoms with Gasteiger partial charge in [-0.25, -0.2) is 0 Å². The molecule has 10 atom stereocenters. The second-order valence-corrected chi connectivity index (χ2v) is 12.3. The monoisotopic (exact) mass is 458 g/mol. The molecule has 0 aromatic carbocycles. The maximum atomic E-state index is 12.5. The van der Waals surface area contributed by atoms with Gasteiger partial charge in [0.05, 0.1) is 18.2 Å². The number of carbonyl (C=O) groups is 1. The zero-order chi connectivity index (χ0) is 24.3. The van der Waals surface area contributed by atoms with Crippen LogP contribution in [0, 0.1) is 34.5 Å². The Morgan fingerprint density at radius 1 is 1.21 bits per heavy atom. The number of rotatable bonds is 4. The highest BCUT2D eigenvalue weighted by Crippen LogP contribution is 2.66. The van der Waals surface area contributed by atoms with Gasteiger partial charge >= 0.3 is 0 Å². The maximum absolute atomic E-state index is 12.5. The summed E-state index contributed by atoms with van der Waals surface area (Å²) in [5.74, 6) is 1.62. The molecule has 0 bridgehead atoms. The topological polar surface area (TPSA) is 72.8 Å². The number of amides is 1. The highest BCUT2D eigenvalue weighted by Gasteiger charge is 2.61. The third-order valence-electron chi connectivity index (χ3n) is 10.7. The van der Waals surface area contributed by atoms with Crippen LogP contribution in [0.25, 0.3) is 0 Å². The quantitative estimate of drug-likeness (QED) is 0.441. The number of aliphatic hydroxyl groups excluding tert-OH is 2. The van der Waals surface area contributed by atoms with E-state index >= 15 is 0 Å². The molecule has 3 N–H and O–H groups in total. The van der Waals surface area contributed by atoms with E-state index in [0.29, 0.717) is 35.8 Å². The number of carbonyl (C=O) groups excluding carboxylic acids is 1. The van der Waals surface area contributed by atoms with Crippen molar-refractivity contribution in [3.05, 3.63) is 23.3 Å². The van der Waals surface area contributed by atoms with E-state index in [1.165, 1.54) is 6.42 Å². The first-order valence-electron chi connectivity index (χ1n) is 13.1. The lowest BCUT2D eigenvalue weighted by molar-refractivity contribution is -0.160. The van der Waals surface area contributed by atoms with E-state index in [2.05, 4.69) is 51.2 Å². The molecular formula is C28H46N2O3. The van der Waals surface area contributed by atoms with Gasteiger partial charge in [-0.1, -0.05) is 31.6 Å². The maximum Gasteiger partial charge on any atom is 0.246 e. The van der Waals surface area contributed by atoms with Gasteiger partial charge in [0.1, 0.15) is 0 Å². The fraction of sp³-hybridized carbons (Fsp3) is 0.821. The summed E-state index contributed by atoms with van der Waals surface area (Å²) in [5.41, 5.74) is 2.44. The van der Waals surface area contributed by atoms with Crippen LogP contribution in [0.1, 0.15) is 73.1 Å². The summed E-state index contributed by atoms with van der Waals surface area (Å²) in [6, 6.07) is -0.0394. The average Bonchev–Trinajstić information content (AvgIpc) is 3.12. The van der Waals surface area contributed by atoms with E-state index in [1.807, 2.05) is 6.92 Å². The Morgan fingerprint density at radius 3 is 2.55 bits per heavy atom. The highest BCUT2D eigenvalue weighted by atomic mass is 16.3. The lowest BCUT2D eigenvalue weighted by atomic mass is 9.44. The molecule has 0 heterocycles. The van der Waals surface area contributed by atoms with Gasteiger partial charge < -0.3 is 20.4 Å². The molecule has 3 fully saturated rings. The Labute approximate surface area is 200 Å². The first kappa shape index (κ1) is 24.9. The molecule has 0 aliphatic heterocycles. The van der Waals surface area contributed by atoms with E-state index in [0.717, 1.165) is 25.7 Å². The van der Waals surface area contributed by atoms with Gasteiger partial charge in [-0.3, -0.25) is 4.79 Å². The number of hydrogen-bond acceptors (Lipinski definition) is 4. The van der Waals surface area contributed by atoms with Crippen LogP contribution in [-0.2, 0) is 4.79 Å². The molecule has 0 spiro atoms. The molecule has 1 unspecified atom stereocenters. The van der Waals surface area contributed by atoms with Crippen molar-refractivity contribution in [2.24, 2.45) is 34.5 Å². The third kappa shape index (κ3) is 3.83. The number of hydrogen-bond donors (Lipinski definition) is 3. The van der Waals surface area contributed by atoms with Crippen LogP contribution in [0.15, 0.2) is 23.3 Å². The molecule has 33 heavy (non-hydrogen) atoms. The Kier molecular flexibility index (Phi) is 6.65. The van der Waals surface area contributed by atoms with E-state index in [9.17, 15) is 15.0 Å². The molecule has 5 heteroatoms. The number of nitrogens with one attached hydrogen (secondary N) is 1. The van der Waals surface area contributed by atoms with Crippen LogP contribution in [0.2, 0.25) is 0 Å². The van der Waals surface area contributed by atoms with E-state index in [-0.39, 0.29) is 22.7 Å². The Hall–Kier alpha value is -1.17. The smallest absolute Gasteiger partial charge is 0.246 e. The fourth-order valence-electron chi connectivity index (χ4n) is 8.44. The molecule has 186 valence electrons. The van der Waals surface area contributed by atoms with Crippen molar-refractivity contribution in [1.29, 1.82) is 0 Å². The molecule has 3 saturated carbocycles. The minimum atomic E-state index is -0.721. The Morgan fingerprint density at radius 2 is 1.91 bits per heavy atom. The molecule has 4 aliphatic carbocycles. The van der Waals surface area contributed by atoms with Crippen molar-refractivity contribution in [2.45, 2.75) is 97.4 Å². The van der Waals surface area contributed by atoms with Crippen LogP contribution in [0.3, 0.4) is 0 Å². The van der Waals surface area contributed by atoms with Crippen molar-refractivity contribution < 1.29 is 15.0 Å². The largest absolute Gasteiger partial charge is 0.391 e. The summed E-state index contributed by atoms with van der Waals surface area (Å²) in [4.78, 5) is 14.9. The summed E-state index contributed by atoms with van der Waals surface area (Å²) in [6.45, 7) is 10.8. The van der Waals surface area contributed by atoms with E-state index < -0.39 is 18.2 Å². The van der Waals surface area contributed by atoms with E-state index in [4.69, 9.17) is 0 Å². The summed E-state index contributed by atoms with van der Waals surface area (Å²) >= 11 is 0. The molecule has 0 saturated heterocycles. The second-order valence-electron chi connectivity index (χ2n) is 12.3. The molecule has 4 aliphatic rings. The van der Waals surface area contributed by atoms with Gasteiger partial charge in [-0.05, 0) is 108 Å². The zero-order valence-corrected chi connectivity index (χ0v) is 21.8. The van der Waals surface area contributed by atoms with Crippen molar-refractivity contribution in [1.82, 2.24) is 10.2 Å². The Balaban J connectivity index is 1.56. The van der Waals surface area contributed by atoms with Crippen molar-refractivity contribution in [3.8, 4) is 0 Å². The molecule has 4 rings (SSSR count). The molecule has 0 radical (unpaired) electrons. The molecule has 1 amide bonds. The molecular weight excluding hydrogens is 412 g/mol. The molecule has 0 aromatic heterocycles. The SMILES string of the molecule is C/C=C(\C)C(=O)N[C@@H]1[C@H](O)C2CC[C@H]3C4=CC[C@H]([C@H](C)N(C)C)[C@@]4(C)CC[C@@H]3[C@@]2(C)C[C@@H]1O. The second kappa shape index (κ2) is 8.80. The summed E-state index contributed by atoms with van der Waals surface area (Å²) in [6.07, 6.45) is 9.14. The van der Waals surface area contributed by atoms with Crippen LogP contribution in [0.4, 0.5) is 0 Å². The van der Waals surface area contributed by atoms with Crippen LogP contribution >= 0.6 is 0 Å². The van der Waals surface area contributed by atoms with Gasteiger partial charge in [0.25, 0.3) is 0 Å². The summed E-state index contributed by atoms with van der Waals surface area (Å²) < 4.78 is 0.